The van der Waals surface area contributed by atoms with Gasteiger partial charge in [-0.05, 0) is 37.2 Å². The number of esters is 2. The second-order valence-corrected chi connectivity index (χ2v) is 9.90. The smallest absolute Gasteiger partial charge is 0.313 e. The monoisotopic (exact) mass is 402 g/mol. The van der Waals surface area contributed by atoms with Crippen LogP contribution in [0.15, 0.2) is 12.2 Å². The van der Waals surface area contributed by atoms with Crippen molar-refractivity contribution in [2.45, 2.75) is 64.3 Å². The van der Waals surface area contributed by atoms with Gasteiger partial charge in [-0.2, -0.15) is 0 Å². The van der Waals surface area contributed by atoms with Crippen molar-refractivity contribution in [2.24, 2.45) is 34.0 Å². The lowest BCUT2D eigenvalue weighted by Crippen LogP contribution is -2.77. The molecule has 2 spiro atoms. The number of carbonyl (C=O) groups excluding carboxylic acids is 4. The van der Waals surface area contributed by atoms with Gasteiger partial charge in [0, 0.05) is 24.2 Å². The summed E-state index contributed by atoms with van der Waals surface area (Å²) in [4.78, 5) is 50.9. The van der Waals surface area contributed by atoms with Crippen molar-refractivity contribution in [3.63, 3.8) is 0 Å². The maximum Gasteiger partial charge on any atom is 0.313 e. The molecule has 9 atom stereocenters. The fourth-order valence-electron chi connectivity index (χ4n) is 7.88. The molecule has 0 aromatic rings. The van der Waals surface area contributed by atoms with Crippen LogP contribution in [-0.4, -0.2) is 47.4 Å². The molecule has 0 aromatic carbocycles. The van der Waals surface area contributed by atoms with E-state index in [-0.39, 0.29) is 18.1 Å². The Hall–Kier alpha value is -2.02. The maximum atomic E-state index is 13.5. The molecule has 2 heterocycles. The van der Waals surface area contributed by atoms with E-state index in [0.29, 0.717) is 31.3 Å². The van der Waals surface area contributed by atoms with Gasteiger partial charge in [0.05, 0.1) is 11.5 Å². The Morgan fingerprint density at radius 3 is 2.69 bits per heavy atom. The van der Waals surface area contributed by atoms with Crippen LogP contribution in [0, 0.1) is 34.0 Å². The number of fused-ring (bicyclic) bond motifs is 2. The van der Waals surface area contributed by atoms with Gasteiger partial charge in [-0.3, -0.25) is 14.4 Å². The third-order valence-corrected chi connectivity index (χ3v) is 8.85. The van der Waals surface area contributed by atoms with Gasteiger partial charge in [-0.15, -0.1) is 0 Å². The molecule has 2 aliphatic heterocycles. The Kier molecular flexibility index (Phi) is 3.64. The summed E-state index contributed by atoms with van der Waals surface area (Å²) in [6, 6.07) is 0. The van der Waals surface area contributed by atoms with E-state index in [0.717, 1.165) is 6.29 Å². The van der Waals surface area contributed by atoms with E-state index in [1.54, 1.807) is 0 Å². The predicted octanol–water partition coefficient (Wildman–Crippen LogP) is 1.36. The number of hydrogen-bond donors (Lipinski definition) is 1. The molecule has 2 unspecified atom stereocenters. The first-order valence-electron chi connectivity index (χ1n) is 10.4. The van der Waals surface area contributed by atoms with Crippen molar-refractivity contribution in [2.75, 3.05) is 0 Å². The molecule has 156 valence electrons. The van der Waals surface area contributed by atoms with Crippen molar-refractivity contribution >= 4 is 24.0 Å². The van der Waals surface area contributed by atoms with Crippen molar-refractivity contribution in [1.29, 1.82) is 0 Å². The summed E-state index contributed by atoms with van der Waals surface area (Å²) in [5, 5.41) is 11.3. The highest BCUT2D eigenvalue weighted by atomic mass is 16.6. The number of aldehydes is 1. The lowest BCUT2D eigenvalue weighted by molar-refractivity contribution is -0.296. The molecule has 6 aliphatic rings. The first-order chi connectivity index (χ1) is 13.6. The summed E-state index contributed by atoms with van der Waals surface area (Å²) in [5.41, 5.74) is -2.87. The second kappa shape index (κ2) is 5.56. The number of aliphatic hydroxyl groups is 1. The Labute approximate surface area is 168 Å². The third-order valence-electron chi connectivity index (χ3n) is 8.85. The van der Waals surface area contributed by atoms with Gasteiger partial charge in [0.2, 0.25) is 0 Å². The van der Waals surface area contributed by atoms with Crippen LogP contribution >= 0.6 is 0 Å². The van der Waals surface area contributed by atoms with Gasteiger partial charge in [0.25, 0.3) is 0 Å². The normalized spacial score (nSPS) is 52.4. The zero-order valence-electron chi connectivity index (χ0n) is 16.7. The molecule has 6 rings (SSSR count). The fourth-order valence-corrected chi connectivity index (χ4v) is 7.88. The number of aliphatic hydroxyl groups excluding tert-OH is 1. The van der Waals surface area contributed by atoms with Crippen LogP contribution in [0.4, 0.5) is 0 Å². The van der Waals surface area contributed by atoms with Gasteiger partial charge in [0.1, 0.15) is 23.9 Å². The zero-order chi connectivity index (χ0) is 20.9. The van der Waals surface area contributed by atoms with Crippen molar-refractivity contribution in [3.05, 3.63) is 12.2 Å². The van der Waals surface area contributed by atoms with Gasteiger partial charge < -0.3 is 19.4 Å². The first-order valence-corrected chi connectivity index (χ1v) is 10.4. The maximum absolute atomic E-state index is 13.5. The van der Waals surface area contributed by atoms with Crippen LogP contribution in [0.1, 0.15) is 46.0 Å². The largest absolute Gasteiger partial charge is 0.462 e. The highest BCUT2D eigenvalue weighted by Crippen LogP contribution is 2.74. The van der Waals surface area contributed by atoms with Crippen molar-refractivity contribution < 1.29 is 33.8 Å². The fraction of sp³-hybridized carbons (Fsp3) is 0.727. The van der Waals surface area contributed by atoms with Crippen LogP contribution < -0.4 is 0 Å². The van der Waals surface area contributed by atoms with Crippen LogP contribution in [-0.2, 0) is 28.7 Å². The average Bonchev–Trinajstić information content (AvgIpc) is 2.78. The van der Waals surface area contributed by atoms with Gasteiger partial charge in [-0.25, -0.2) is 0 Å². The standard InChI is InChI=1S/C22H26O7/c1-10-12-7-13(28-11(2)24)16-21-6-4-5-20(3,9-23)14(21)8-15(29-19(21)27)22(16,17(10)25)18(12)26/h9,12-16,18,26H,1,4-8H2,2-3H3/t12-,13-,14+,15-,16-,18?,20-,21-,22?/m0/s1. The number of Topliss-reactive ketones (excluding diaryl/α,β-unsaturated/α-hetero) is 1. The van der Waals surface area contributed by atoms with Crippen LogP contribution in [0.5, 0.6) is 0 Å². The number of hydrogen-bond acceptors (Lipinski definition) is 7. The molecule has 0 radical (unpaired) electrons. The van der Waals surface area contributed by atoms with E-state index < -0.39 is 58.3 Å². The molecule has 0 aromatic heterocycles. The second-order valence-electron chi connectivity index (χ2n) is 9.90. The van der Waals surface area contributed by atoms with Crippen molar-refractivity contribution in [1.82, 2.24) is 0 Å². The molecular weight excluding hydrogens is 376 g/mol. The first kappa shape index (κ1) is 19.0. The minimum Gasteiger partial charge on any atom is -0.462 e. The molecule has 2 saturated heterocycles. The molecule has 6 fully saturated rings. The van der Waals surface area contributed by atoms with E-state index in [1.807, 2.05) is 6.92 Å². The summed E-state index contributed by atoms with van der Waals surface area (Å²) in [5.74, 6) is -2.72. The van der Waals surface area contributed by atoms with E-state index >= 15 is 0 Å². The van der Waals surface area contributed by atoms with Crippen LogP contribution in [0.25, 0.3) is 0 Å². The topological polar surface area (TPSA) is 107 Å². The Morgan fingerprint density at radius 1 is 1.31 bits per heavy atom. The molecule has 7 heteroatoms. The van der Waals surface area contributed by atoms with Gasteiger partial charge in [0.15, 0.2) is 5.78 Å². The van der Waals surface area contributed by atoms with Crippen molar-refractivity contribution in [3.8, 4) is 0 Å². The Morgan fingerprint density at radius 2 is 2.03 bits per heavy atom. The number of rotatable bonds is 2. The molecular formula is C22H26O7. The molecule has 4 saturated carbocycles. The average molecular weight is 402 g/mol. The highest BCUT2D eigenvalue weighted by molar-refractivity contribution is 6.06. The Bertz CT molecular complexity index is 863. The third kappa shape index (κ3) is 1.89. The van der Waals surface area contributed by atoms with Crippen LogP contribution in [0.3, 0.4) is 0 Å². The minimum atomic E-state index is -1.34. The lowest BCUT2D eigenvalue weighted by atomic mass is 9.37. The molecule has 0 amide bonds. The number of ketones is 1. The quantitative estimate of drug-likeness (QED) is 0.422. The number of ether oxygens (including phenoxy) is 2. The van der Waals surface area contributed by atoms with E-state index in [9.17, 15) is 24.3 Å². The summed E-state index contributed by atoms with van der Waals surface area (Å²) in [7, 11) is 0. The Balaban J connectivity index is 1.77. The summed E-state index contributed by atoms with van der Waals surface area (Å²) < 4.78 is 11.5. The summed E-state index contributed by atoms with van der Waals surface area (Å²) in [6.45, 7) is 7.10. The zero-order valence-corrected chi connectivity index (χ0v) is 16.7. The lowest BCUT2D eigenvalue weighted by Gasteiger charge is -2.68. The molecule has 4 bridgehead atoms. The van der Waals surface area contributed by atoms with Gasteiger partial charge in [-0.1, -0.05) is 19.9 Å². The van der Waals surface area contributed by atoms with Gasteiger partial charge >= 0.3 is 11.9 Å². The minimum absolute atomic E-state index is 0.254. The molecule has 29 heavy (non-hydrogen) atoms. The van der Waals surface area contributed by atoms with E-state index in [4.69, 9.17) is 9.47 Å². The molecule has 1 N–H and O–H groups in total. The predicted molar refractivity (Wildman–Crippen MR) is 98.2 cm³/mol. The van der Waals surface area contributed by atoms with E-state index in [1.165, 1.54) is 6.92 Å². The SMILES string of the molecule is C=C1C(=O)C23C(O)[C@H]1C[C@H](OC(C)=O)[C@H]2[C@]12CCC[C@@](C)(C=O)[C@H]1C[C@@H]3OC2=O. The number of carbonyl (C=O) groups is 4. The molecule has 7 nitrogen and oxygen atoms in total. The molecule has 4 aliphatic carbocycles. The highest BCUT2D eigenvalue weighted by Gasteiger charge is 2.83. The summed E-state index contributed by atoms with van der Waals surface area (Å²) in [6.07, 6.45) is 0.706. The summed E-state index contributed by atoms with van der Waals surface area (Å²) >= 11 is 0. The van der Waals surface area contributed by atoms with E-state index in [2.05, 4.69) is 6.58 Å². The van der Waals surface area contributed by atoms with Crippen LogP contribution in [0.2, 0.25) is 0 Å².